The van der Waals surface area contributed by atoms with Gasteiger partial charge in [0, 0.05) is 6.54 Å². The van der Waals surface area contributed by atoms with Gasteiger partial charge in [0.1, 0.15) is 12.4 Å². The van der Waals surface area contributed by atoms with E-state index in [-0.39, 0.29) is 22.1 Å². The van der Waals surface area contributed by atoms with Crippen molar-refractivity contribution in [2.75, 3.05) is 12.3 Å². The molecule has 30 heavy (non-hydrogen) atoms. The highest BCUT2D eigenvalue weighted by atomic mass is 32.2. The molecule has 0 saturated carbocycles. The van der Waals surface area contributed by atoms with E-state index in [1.807, 2.05) is 54.6 Å². The van der Waals surface area contributed by atoms with Crippen LogP contribution in [0, 0.1) is 0 Å². The van der Waals surface area contributed by atoms with E-state index in [2.05, 4.69) is 5.32 Å². The van der Waals surface area contributed by atoms with Crippen LogP contribution in [0.2, 0.25) is 0 Å². The fourth-order valence-electron chi connectivity index (χ4n) is 2.99. The molecule has 0 atom stereocenters. The lowest BCUT2D eigenvalue weighted by Gasteiger charge is -2.10. The first-order chi connectivity index (χ1) is 14.5. The molecule has 0 heterocycles. The summed E-state index contributed by atoms with van der Waals surface area (Å²) in [6, 6.07) is 24.0. The Hall–Kier alpha value is -3.12. The van der Waals surface area contributed by atoms with Crippen LogP contribution in [0.1, 0.15) is 28.4 Å². The van der Waals surface area contributed by atoms with Gasteiger partial charge in [-0.25, -0.2) is 8.42 Å². The molecule has 0 unspecified atom stereocenters. The average molecular weight is 424 g/mol. The third kappa shape index (κ3) is 5.70. The molecule has 0 aliphatic carbocycles. The summed E-state index contributed by atoms with van der Waals surface area (Å²) < 4.78 is 30.2. The predicted octanol–water partition coefficient (Wildman–Crippen LogP) is 4.03. The number of rotatable bonds is 9. The molecule has 5 nitrogen and oxygen atoms in total. The van der Waals surface area contributed by atoms with Crippen LogP contribution >= 0.6 is 0 Å². The Kier molecular flexibility index (Phi) is 7.25. The minimum atomic E-state index is -3.46. The van der Waals surface area contributed by atoms with Crippen molar-refractivity contribution in [3.63, 3.8) is 0 Å². The molecule has 3 aromatic carbocycles. The maximum Gasteiger partial charge on any atom is 0.252 e. The second-order valence-electron chi connectivity index (χ2n) is 6.82. The van der Waals surface area contributed by atoms with Crippen molar-refractivity contribution in [3.05, 3.63) is 95.6 Å². The summed E-state index contributed by atoms with van der Waals surface area (Å²) in [6.07, 6.45) is 0.632. The van der Waals surface area contributed by atoms with Crippen molar-refractivity contribution in [1.82, 2.24) is 5.32 Å². The van der Waals surface area contributed by atoms with E-state index >= 15 is 0 Å². The zero-order valence-electron chi connectivity index (χ0n) is 16.9. The third-order valence-corrected chi connectivity index (χ3v) is 6.50. The van der Waals surface area contributed by atoms with Gasteiger partial charge in [-0.1, -0.05) is 61.5 Å². The SMILES string of the molecule is CCS(=O)(=O)c1ccccc1C(=O)NCCc1ccc(OCc2ccccc2)cc1. The van der Waals surface area contributed by atoms with Gasteiger partial charge in [0.25, 0.3) is 5.91 Å². The topological polar surface area (TPSA) is 72.5 Å². The number of hydrogen-bond acceptors (Lipinski definition) is 4. The molecule has 0 fully saturated rings. The standard InChI is InChI=1S/C24H25NO4S/c1-2-30(27,28)23-11-7-6-10-22(23)24(26)25-17-16-19-12-14-21(15-13-19)29-18-20-8-4-3-5-9-20/h3-15H,2,16-18H2,1H3,(H,25,26). The number of amides is 1. The zero-order chi connectivity index (χ0) is 21.4. The Balaban J connectivity index is 1.53. The summed E-state index contributed by atoms with van der Waals surface area (Å²) >= 11 is 0. The van der Waals surface area contributed by atoms with Crippen molar-refractivity contribution >= 4 is 15.7 Å². The first-order valence-corrected chi connectivity index (χ1v) is 11.5. The summed E-state index contributed by atoms with van der Waals surface area (Å²) in [7, 11) is -3.46. The minimum absolute atomic E-state index is 0.0456. The van der Waals surface area contributed by atoms with Crippen molar-refractivity contribution in [2.45, 2.75) is 24.8 Å². The van der Waals surface area contributed by atoms with Gasteiger partial charge in [-0.15, -0.1) is 0 Å². The third-order valence-electron chi connectivity index (χ3n) is 4.72. The Bertz CT molecular complexity index is 1080. The molecule has 3 aromatic rings. The van der Waals surface area contributed by atoms with Crippen LogP contribution in [0.5, 0.6) is 5.75 Å². The molecule has 0 saturated heterocycles. The van der Waals surface area contributed by atoms with Crippen molar-refractivity contribution in [3.8, 4) is 5.75 Å². The summed E-state index contributed by atoms with van der Waals surface area (Å²) in [6.45, 7) is 2.48. The number of ether oxygens (including phenoxy) is 1. The highest BCUT2D eigenvalue weighted by Crippen LogP contribution is 2.17. The second-order valence-corrected chi connectivity index (χ2v) is 9.07. The molecule has 0 bridgehead atoms. The number of carbonyl (C=O) groups is 1. The van der Waals surface area contributed by atoms with Crippen LogP contribution in [0.25, 0.3) is 0 Å². The lowest BCUT2D eigenvalue weighted by Crippen LogP contribution is -2.27. The summed E-state index contributed by atoms with van der Waals surface area (Å²) in [5.74, 6) is 0.353. The van der Waals surface area contributed by atoms with Gasteiger partial charge in [-0.2, -0.15) is 0 Å². The quantitative estimate of drug-likeness (QED) is 0.564. The maximum atomic E-state index is 12.5. The van der Waals surface area contributed by atoms with Gasteiger partial charge in [0.15, 0.2) is 9.84 Å². The van der Waals surface area contributed by atoms with E-state index < -0.39 is 9.84 Å². The van der Waals surface area contributed by atoms with Crippen molar-refractivity contribution in [1.29, 1.82) is 0 Å². The van der Waals surface area contributed by atoms with Gasteiger partial charge in [-0.3, -0.25) is 4.79 Å². The van der Waals surface area contributed by atoms with Crippen LogP contribution in [-0.2, 0) is 22.9 Å². The predicted molar refractivity (Wildman–Crippen MR) is 117 cm³/mol. The van der Waals surface area contributed by atoms with E-state index in [1.54, 1.807) is 19.1 Å². The lowest BCUT2D eigenvalue weighted by molar-refractivity contribution is 0.0951. The normalized spacial score (nSPS) is 11.1. The molecule has 1 N–H and O–H groups in total. The molecule has 156 valence electrons. The van der Waals surface area contributed by atoms with E-state index in [0.29, 0.717) is 19.6 Å². The second kappa shape index (κ2) is 10.1. The summed E-state index contributed by atoms with van der Waals surface area (Å²) in [5.41, 5.74) is 2.34. The Morgan fingerprint density at radius 1 is 0.867 bits per heavy atom. The summed E-state index contributed by atoms with van der Waals surface area (Å²) in [5, 5.41) is 2.81. The molecule has 3 rings (SSSR count). The van der Waals surface area contributed by atoms with Crippen LogP contribution in [-0.4, -0.2) is 26.6 Å². The van der Waals surface area contributed by atoms with Crippen LogP contribution in [0.15, 0.2) is 83.8 Å². The van der Waals surface area contributed by atoms with E-state index in [4.69, 9.17) is 4.74 Å². The first-order valence-electron chi connectivity index (χ1n) is 9.85. The van der Waals surface area contributed by atoms with Gasteiger partial charge >= 0.3 is 0 Å². The van der Waals surface area contributed by atoms with E-state index in [9.17, 15) is 13.2 Å². The molecule has 1 amide bonds. The van der Waals surface area contributed by atoms with E-state index in [0.717, 1.165) is 16.9 Å². The monoisotopic (exact) mass is 423 g/mol. The average Bonchev–Trinajstić information content (AvgIpc) is 2.79. The highest BCUT2D eigenvalue weighted by molar-refractivity contribution is 7.91. The minimum Gasteiger partial charge on any atom is -0.489 e. The first kappa shape index (κ1) is 21.6. The number of hydrogen-bond donors (Lipinski definition) is 1. The van der Waals surface area contributed by atoms with Crippen LogP contribution in [0.3, 0.4) is 0 Å². The van der Waals surface area contributed by atoms with Crippen molar-refractivity contribution in [2.24, 2.45) is 0 Å². The molecule has 0 aliphatic heterocycles. The smallest absolute Gasteiger partial charge is 0.252 e. The Morgan fingerprint density at radius 2 is 1.53 bits per heavy atom. The number of sulfone groups is 1. The lowest BCUT2D eigenvalue weighted by atomic mass is 10.1. The zero-order valence-corrected chi connectivity index (χ0v) is 17.7. The van der Waals surface area contributed by atoms with Crippen molar-refractivity contribution < 1.29 is 17.9 Å². The Morgan fingerprint density at radius 3 is 2.23 bits per heavy atom. The molecular weight excluding hydrogens is 398 g/mol. The number of benzene rings is 3. The largest absolute Gasteiger partial charge is 0.489 e. The molecule has 0 aliphatic rings. The van der Waals surface area contributed by atoms with Gasteiger partial charge in [0.05, 0.1) is 16.2 Å². The molecular formula is C24H25NO4S. The fraction of sp³-hybridized carbons (Fsp3) is 0.208. The maximum absolute atomic E-state index is 12.5. The van der Waals surface area contributed by atoms with Gasteiger partial charge < -0.3 is 10.1 Å². The summed E-state index contributed by atoms with van der Waals surface area (Å²) in [4.78, 5) is 12.6. The number of carbonyl (C=O) groups excluding carboxylic acids is 1. The fourth-order valence-corrected chi connectivity index (χ4v) is 4.08. The molecule has 0 aromatic heterocycles. The van der Waals surface area contributed by atoms with Crippen LogP contribution in [0.4, 0.5) is 0 Å². The number of nitrogens with one attached hydrogen (secondary N) is 1. The molecule has 0 spiro atoms. The highest BCUT2D eigenvalue weighted by Gasteiger charge is 2.20. The molecule has 0 radical (unpaired) electrons. The van der Waals surface area contributed by atoms with E-state index in [1.165, 1.54) is 12.1 Å². The Labute approximate surface area is 177 Å². The molecule has 6 heteroatoms. The van der Waals surface area contributed by atoms with Crippen LogP contribution < -0.4 is 10.1 Å². The van der Waals surface area contributed by atoms with Gasteiger partial charge in [0.2, 0.25) is 0 Å². The van der Waals surface area contributed by atoms with Gasteiger partial charge in [-0.05, 0) is 41.8 Å².